The molecular weight excluding hydrogens is 440 g/mol. The lowest BCUT2D eigenvalue weighted by atomic mass is 9.98. The predicted octanol–water partition coefficient (Wildman–Crippen LogP) is 4.45. The molecule has 0 bridgehead atoms. The number of rotatable bonds is 7. The number of para-hydroxylation sites is 1. The van der Waals surface area contributed by atoms with Gasteiger partial charge >= 0.3 is 23.9 Å². The lowest BCUT2D eigenvalue weighted by Gasteiger charge is -2.21. The Hall–Kier alpha value is -3.16. The summed E-state index contributed by atoms with van der Waals surface area (Å²) in [6.07, 6.45) is 12.7. The average Bonchev–Trinajstić information content (AvgIpc) is 2.85. The smallest absolute Gasteiger partial charge is 0.331 e. The van der Waals surface area contributed by atoms with Crippen LogP contribution in [-0.4, -0.2) is 43.2 Å². The highest BCUT2D eigenvalue weighted by molar-refractivity contribution is 5.92. The van der Waals surface area contributed by atoms with Gasteiger partial charge < -0.3 is 18.9 Å². The molecule has 0 aliphatic heterocycles. The first-order valence-corrected chi connectivity index (χ1v) is 11.9. The van der Waals surface area contributed by atoms with Crippen LogP contribution in [0.4, 0.5) is 0 Å². The monoisotopic (exact) mass is 474 g/mol. The van der Waals surface area contributed by atoms with E-state index in [4.69, 9.17) is 14.2 Å². The van der Waals surface area contributed by atoms with Gasteiger partial charge in [-0.05, 0) is 63.5 Å². The van der Waals surface area contributed by atoms with E-state index in [2.05, 4.69) is 4.74 Å². The maximum Gasteiger partial charge on any atom is 0.331 e. The van der Waals surface area contributed by atoms with E-state index in [0.717, 1.165) is 51.4 Å². The van der Waals surface area contributed by atoms with Crippen LogP contribution in [0.15, 0.2) is 42.5 Å². The minimum atomic E-state index is -0.622. The van der Waals surface area contributed by atoms with Crippen LogP contribution in [-0.2, 0) is 33.4 Å². The van der Waals surface area contributed by atoms with Gasteiger partial charge in [0.2, 0.25) is 0 Å². The van der Waals surface area contributed by atoms with E-state index in [1.165, 1.54) is 32.1 Å². The number of benzene rings is 1. The van der Waals surface area contributed by atoms with Gasteiger partial charge in [-0.3, -0.25) is 9.59 Å². The summed E-state index contributed by atoms with van der Waals surface area (Å²) in [6.45, 7) is 0. The molecular formula is C26H34O8. The Morgan fingerprint density at radius 3 is 1.65 bits per heavy atom. The van der Waals surface area contributed by atoms with Crippen molar-refractivity contribution in [2.75, 3.05) is 7.11 Å². The number of ether oxygens (including phenoxy) is 4. The molecule has 1 aromatic carbocycles. The predicted molar refractivity (Wildman–Crippen MR) is 124 cm³/mol. The number of hydrogen-bond acceptors (Lipinski definition) is 8. The number of methoxy groups -OCH3 is 1. The van der Waals surface area contributed by atoms with Gasteiger partial charge in [0.25, 0.3) is 0 Å². The van der Waals surface area contributed by atoms with Crippen LogP contribution in [0.5, 0.6) is 5.75 Å². The van der Waals surface area contributed by atoms with Crippen molar-refractivity contribution in [2.45, 2.75) is 82.8 Å². The van der Waals surface area contributed by atoms with E-state index in [9.17, 15) is 19.2 Å². The highest BCUT2D eigenvalue weighted by Gasteiger charge is 2.18. The quantitative estimate of drug-likeness (QED) is 0.188. The molecule has 2 fully saturated rings. The maximum atomic E-state index is 11.6. The summed E-state index contributed by atoms with van der Waals surface area (Å²) in [5.41, 5.74) is 0. The van der Waals surface area contributed by atoms with Crippen molar-refractivity contribution < 1.29 is 38.1 Å². The topological polar surface area (TPSA) is 105 Å². The fourth-order valence-electron chi connectivity index (χ4n) is 3.76. The minimum absolute atomic E-state index is 0.0234. The van der Waals surface area contributed by atoms with E-state index in [-0.39, 0.29) is 18.6 Å². The third kappa shape index (κ3) is 11.6. The van der Waals surface area contributed by atoms with Gasteiger partial charge in [-0.15, -0.1) is 0 Å². The van der Waals surface area contributed by atoms with Crippen molar-refractivity contribution in [3.63, 3.8) is 0 Å². The van der Waals surface area contributed by atoms with Gasteiger partial charge in [0.15, 0.2) is 0 Å². The fourth-order valence-corrected chi connectivity index (χ4v) is 3.76. The zero-order valence-corrected chi connectivity index (χ0v) is 19.7. The van der Waals surface area contributed by atoms with Gasteiger partial charge in [0.1, 0.15) is 24.4 Å². The fraction of sp³-hybridized carbons (Fsp3) is 0.538. The summed E-state index contributed by atoms with van der Waals surface area (Å²) < 4.78 is 19.8. The highest BCUT2D eigenvalue weighted by Crippen LogP contribution is 2.21. The molecule has 34 heavy (non-hydrogen) atoms. The second-order valence-corrected chi connectivity index (χ2v) is 8.27. The molecule has 0 unspecified atom stereocenters. The third-order valence-electron chi connectivity index (χ3n) is 5.52. The van der Waals surface area contributed by atoms with Crippen LogP contribution >= 0.6 is 0 Å². The van der Waals surface area contributed by atoms with E-state index >= 15 is 0 Å². The molecule has 0 saturated heterocycles. The molecule has 2 aliphatic carbocycles. The molecule has 0 heterocycles. The molecule has 0 atom stereocenters. The van der Waals surface area contributed by atoms with Gasteiger partial charge in [-0.25, -0.2) is 9.59 Å². The Labute approximate surface area is 200 Å². The molecule has 0 radical (unpaired) electrons. The minimum Gasteiger partial charge on any atom is -0.469 e. The lowest BCUT2D eigenvalue weighted by molar-refractivity contribution is -0.148. The van der Waals surface area contributed by atoms with Gasteiger partial charge in [0.05, 0.1) is 7.11 Å². The zero-order valence-electron chi connectivity index (χ0n) is 19.7. The summed E-state index contributed by atoms with van der Waals surface area (Å²) in [4.78, 5) is 44.9. The van der Waals surface area contributed by atoms with Crippen LogP contribution in [0.2, 0.25) is 0 Å². The summed E-state index contributed by atoms with van der Waals surface area (Å²) in [6, 6.07) is 8.55. The molecule has 2 aliphatic rings. The molecule has 1 aromatic rings. The normalized spacial score (nSPS) is 16.6. The maximum absolute atomic E-state index is 11.6. The Morgan fingerprint density at radius 2 is 1.21 bits per heavy atom. The van der Waals surface area contributed by atoms with Crippen molar-refractivity contribution in [2.24, 2.45) is 0 Å². The molecule has 0 N–H and O–H groups in total. The Bertz CT molecular complexity index is 771. The van der Waals surface area contributed by atoms with Crippen LogP contribution in [0, 0.1) is 0 Å². The molecule has 0 spiro atoms. The Balaban J connectivity index is 0.000000257. The SMILES string of the molecule is COC(=O)CC(=O)Oc1ccccc1.O=C(/C=C\C(=O)OC1CCCCC1)OC1CCCCC1. The van der Waals surface area contributed by atoms with Crippen LogP contribution in [0.1, 0.15) is 70.6 Å². The van der Waals surface area contributed by atoms with E-state index < -0.39 is 23.9 Å². The number of esters is 4. The van der Waals surface area contributed by atoms with Crippen molar-refractivity contribution in [3.8, 4) is 5.75 Å². The van der Waals surface area contributed by atoms with Crippen LogP contribution < -0.4 is 4.74 Å². The molecule has 0 aromatic heterocycles. The highest BCUT2D eigenvalue weighted by atomic mass is 16.6. The van der Waals surface area contributed by atoms with Gasteiger partial charge in [-0.2, -0.15) is 0 Å². The summed E-state index contributed by atoms with van der Waals surface area (Å²) in [5.74, 6) is -1.68. The molecule has 8 heteroatoms. The second kappa shape index (κ2) is 15.6. The van der Waals surface area contributed by atoms with Crippen LogP contribution in [0.3, 0.4) is 0 Å². The van der Waals surface area contributed by atoms with Gasteiger partial charge in [0, 0.05) is 12.2 Å². The lowest BCUT2D eigenvalue weighted by Crippen LogP contribution is -2.21. The van der Waals surface area contributed by atoms with Crippen molar-refractivity contribution in [1.82, 2.24) is 0 Å². The molecule has 8 nitrogen and oxygen atoms in total. The standard InChI is InChI=1S/C16H24O4.C10H10O4/c17-15(19-13-7-3-1-4-8-13)11-12-16(18)20-14-9-5-2-6-10-14;1-13-9(11)7-10(12)14-8-5-3-2-4-6-8/h11-14H,1-10H2;2-6H,7H2,1H3/b12-11-;. The van der Waals surface area contributed by atoms with Crippen molar-refractivity contribution in [1.29, 1.82) is 0 Å². The number of hydrogen-bond donors (Lipinski definition) is 0. The molecule has 2 saturated carbocycles. The molecule has 3 rings (SSSR count). The summed E-state index contributed by atoms with van der Waals surface area (Å²) in [7, 11) is 1.22. The first-order valence-electron chi connectivity index (χ1n) is 11.9. The zero-order chi connectivity index (χ0) is 24.6. The van der Waals surface area contributed by atoms with E-state index in [1.54, 1.807) is 30.3 Å². The van der Waals surface area contributed by atoms with Crippen LogP contribution in [0.25, 0.3) is 0 Å². The Morgan fingerprint density at radius 1 is 0.735 bits per heavy atom. The van der Waals surface area contributed by atoms with E-state index in [1.807, 2.05) is 0 Å². The number of carbonyl (C=O) groups excluding carboxylic acids is 4. The Kier molecular flexibility index (Phi) is 12.5. The third-order valence-corrected chi connectivity index (χ3v) is 5.52. The molecule has 186 valence electrons. The van der Waals surface area contributed by atoms with Crippen molar-refractivity contribution in [3.05, 3.63) is 42.5 Å². The first kappa shape index (κ1) is 27.1. The van der Waals surface area contributed by atoms with Gasteiger partial charge in [-0.1, -0.05) is 31.0 Å². The summed E-state index contributed by atoms with van der Waals surface area (Å²) in [5, 5.41) is 0. The first-order chi connectivity index (χ1) is 16.5. The number of carbonyl (C=O) groups is 4. The van der Waals surface area contributed by atoms with E-state index in [0.29, 0.717) is 5.75 Å². The average molecular weight is 475 g/mol. The largest absolute Gasteiger partial charge is 0.469 e. The second-order valence-electron chi connectivity index (χ2n) is 8.27. The van der Waals surface area contributed by atoms with Crippen molar-refractivity contribution >= 4 is 23.9 Å². The molecule has 0 amide bonds. The summed E-state index contributed by atoms with van der Waals surface area (Å²) >= 11 is 0.